The van der Waals surface area contributed by atoms with Gasteiger partial charge in [0, 0.05) is 5.56 Å². The van der Waals surface area contributed by atoms with Gasteiger partial charge >= 0.3 is 11.9 Å². The highest BCUT2D eigenvalue weighted by Gasteiger charge is 2.80. The molecular formula is C35H30O8. The zero-order valence-electron chi connectivity index (χ0n) is 23.4. The number of hydrogen-bond acceptors (Lipinski definition) is 8. The fourth-order valence-corrected chi connectivity index (χ4v) is 5.97. The van der Waals surface area contributed by atoms with Crippen LogP contribution in [0.2, 0.25) is 0 Å². The molecule has 3 heterocycles. The molecule has 7 atom stereocenters. The summed E-state index contributed by atoms with van der Waals surface area (Å²) in [5, 5.41) is 0. The number of carbonyl (C=O) groups is 2. The van der Waals surface area contributed by atoms with E-state index >= 15 is 0 Å². The van der Waals surface area contributed by atoms with E-state index in [0.29, 0.717) is 11.1 Å². The quantitative estimate of drug-likeness (QED) is 0.209. The minimum atomic E-state index is -1.63. The minimum Gasteiger partial charge on any atom is -0.451 e. The number of esters is 2. The SMILES string of the molecule is C[C@@]1(OC(=O)c2ccccc2)[C@@H](OC(=O)c2ccccc2)[C@@H]2O[C@H](c3ccccc3)OC[C@H]2O[C@]12O[C@H]2c1ccccc1. The summed E-state index contributed by atoms with van der Waals surface area (Å²) in [7, 11) is 0. The van der Waals surface area contributed by atoms with E-state index in [0.717, 1.165) is 11.1 Å². The molecule has 0 unspecified atom stereocenters. The van der Waals surface area contributed by atoms with E-state index in [1.54, 1.807) is 55.5 Å². The summed E-state index contributed by atoms with van der Waals surface area (Å²) in [5.41, 5.74) is 0.670. The van der Waals surface area contributed by atoms with Gasteiger partial charge in [-0.15, -0.1) is 0 Å². The fourth-order valence-electron chi connectivity index (χ4n) is 5.97. The second-order valence-corrected chi connectivity index (χ2v) is 11.0. The zero-order valence-corrected chi connectivity index (χ0v) is 23.4. The van der Waals surface area contributed by atoms with Gasteiger partial charge < -0.3 is 28.4 Å². The lowest BCUT2D eigenvalue weighted by Crippen LogP contribution is -2.71. The summed E-state index contributed by atoms with van der Waals surface area (Å²) < 4.78 is 38.3. The van der Waals surface area contributed by atoms with Gasteiger partial charge in [0.1, 0.15) is 18.3 Å². The lowest BCUT2D eigenvalue weighted by Gasteiger charge is -2.52. The Bertz CT molecular complexity index is 1580. The Hall–Kier alpha value is -4.34. The molecule has 4 aromatic carbocycles. The summed E-state index contributed by atoms with van der Waals surface area (Å²) in [6.07, 6.45) is -4.03. The van der Waals surface area contributed by atoms with E-state index in [4.69, 9.17) is 28.4 Å². The number of fused-ring (bicyclic) bond motifs is 1. The Kier molecular flexibility index (Phi) is 7.07. The first-order valence-electron chi connectivity index (χ1n) is 14.3. The monoisotopic (exact) mass is 578 g/mol. The Morgan fingerprint density at radius 3 is 1.84 bits per heavy atom. The molecule has 8 nitrogen and oxygen atoms in total. The van der Waals surface area contributed by atoms with Crippen molar-refractivity contribution >= 4 is 11.9 Å². The largest absolute Gasteiger partial charge is 0.451 e. The summed E-state index contributed by atoms with van der Waals surface area (Å²) in [6, 6.07) is 36.3. The van der Waals surface area contributed by atoms with Crippen molar-refractivity contribution in [1.29, 1.82) is 0 Å². The van der Waals surface area contributed by atoms with Gasteiger partial charge in [0.25, 0.3) is 0 Å². The van der Waals surface area contributed by atoms with Crippen molar-refractivity contribution in [2.24, 2.45) is 0 Å². The van der Waals surface area contributed by atoms with Gasteiger partial charge in [-0.05, 0) is 36.8 Å². The second-order valence-electron chi connectivity index (χ2n) is 11.0. The summed E-state index contributed by atoms with van der Waals surface area (Å²) in [6.45, 7) is 1.82. The fraction of sp³-hybridized carbons (Fsp3) is 0.257. The first kappa shape index (κ1) is 27.5. The van der Waals surface area contributed by atoms with Crippen LogP contribution in [0.3, 0.4) is 0 Å². The summed E-state index contributed by atoms with van der Waals surface area (Å²) in [4.78, 5) is 27.3. The van der Waals surface area contributed by atoms with Gasteiger partial charge in [0.15, 0.2) is 12.4 Å². The average Bonchev–Trinajstić information content (AvgIpc) is 3.80. The van der Waals surface area contributed by atoms with Crippen LogP contribution in [-0.2, 0) is 28.4 Å². The van der Waals surface area contributed by atoms with Crippen molar-refractivity contribution in [1.82, 2.24) is 0 Å². The molecule has 7 rings (SSSR count). The number of hydrogen-bond donors (Lipinski definition) is 0. The molecule has 3 aliphatic heterocycles. The van der Waals surface area contributed by atoms with Crippen LogP contribution in [0.5, 0.6) is 0 Å². The highest BCUT2D eigenvalue weighted by Crippen LogP contribution is 2.63. The molecule has 3 saturated heterocycles. The predicted octanol–water partition coefficient (Wildman–Crippen LogP) is 5.81. The maximum absolute atomic E-state index is 13.7. The summed E-state index contributed by atoms with van der Waals surface area (Å²) >= 11 is 0. The molecule has 0 aliphatic carbocycles. The lowest BCUT2D eigenvalue weighted by molar-refractivity contribution is -0.366. The molecule has 3 fully saturated rings. The Morgan fingerprint density at radius 1 is 0.698 bits per heavy atom. The topological polar surface area (TPSA) is 92.8 Å². The molecule has 0 bridgehead atoms. The van der Waals surface area contributed by atoms with Gasteiger partial charge in [-0.3, -0.25) is 0 Å². The molecule has 0 saturated carbocycles. The third kappa shape index (κ3) is 4.92. The second kappa shape index (κ2) is 11.1. The van der Waals surface area contributed by atoms with Crippen LogP contribution in [0.15, 0.2) is 121 Å². The van der Waals surface area contributed by atoms with Crippen molar-refractivity contribution in [3.63, 3.8) is 0 Å². The standard InChI is InChI=1S/C35H30O8/c1-34(43-32(37)25-18-10-4-11-19-25)30(40-31(36)24-16-8-3-9-17-24)28-27(22-38-33(39-28)26-20-12-5-13-21-26)41-35(34)29(42-35)23-14-6-2-7-15-23/h2-21,27-30,33H,22H2,1H3/t27-,28-,29+,30+,33-,34-,35-/m1/s1. The van der Waals surface area contributed by atoms with Gasteiger partial charge in [0.05, 0.1) is 17.7 Å². The molecule has 218 valence electrons. The Morgan fingerprint density at radius 2 is 1.23 bits per heavy atom. The van der Waals surface area contributed by atoms with Crippen LogP contribution < -0.4 is 0 Å². The molecule has 1 spiro atoms. The van der Waals surface area contributed by atoms with E-state index in [-0.39, 0.29) is 6.61 Å². The van der Waals surface area contributed by atoms with Crippen LogP contribution in [-0.4, -0.2) is 48.2 Å². The van der Waals surface area contributed by atoms with E-state index in [1.165, 1.54) is 0 Å². The molecule has 43 heavy (non-hydrogen) atoms. The van der Waals surface area contributed by atoms with Gasteiger partial charge in [-0.2, -0.15) is 0 Å². The molecule has 0 radical (unpaired) electrons. The van der Waals surface area contributed by atoms with Crippen LogP contribution >= 0.6 is 0 Å². The van der Waals surface area contributed by atoms with Crippen LogP contribution in [0.1, 0.15) is 51.2 Å². The van der Waals surface area contributed by atoms with Gasteiger partial charge in [0.2, 0.25) is 11.4 Å². The smallest absolute Gasteiger partial charge is 0.339 e. The van der Waals surface area contributed by atoms with E-state index < -0.39 is 54.0 Å². The molecule has 0 N–H and O–H groups in total. The van der Waals surface area contributed by atoms with E-state index in [1.807, 2.05) is 72.8 Å². The Balaban J connectivity index is 1.31. The maximum atomic E-state index is 13.7. The molecule has 3 aliphatic rings. The summed E-state index contributed by atoms with van der Waals surface area (Å²) in [5.74, 6) is -2.68. The first-order chi connectivity index (χ1) is 21.0. The highest BCUT2D eigenvalue weighted by molar-refractivity contribution is 5.90. The van der Waals surface area contributed by atoms with Gasteiger partial charge in [-0.25, -0.2) is 9.59 Å². The molecule has 4 aromatic rings. The number of carbonyl (C=O) groups excluding carboxylic acids is 2. The lowest BCUT2D eigenvalue weighted by atomic mass is 9.79. The van der Waals surface area contributed by atoms with Crippen LogP contribution in [0, 0.1) is 0 Å². The van der Waals surface area contributed by atoms with Crippen LogP contribution in [0.4, 0.5) is 0 Å². The normalized spacial score (nSPS) is 31.0. The molecule has 0 aromatic heterocycles. The third-order valence-corrected chi connectivity index (χ3v) is 8.23. The molecule has 8 heteroatoms. The zero-order chi connectivity index (χ0) is 29.4. The van der Waals surface area contributed by atoms with Crippen molar-refractivity contribution in [2.75, 3.05) is 6.61 Å². The van der Waals surface area contributed by atoms with E-state index in [2.05, 4.69) is 0 Å². The number of epoxide rings is 1. The van der Waals surface area contributed by atoms with Crippen LogP contribution in [0.25, 0.3) is 0 Å². The van der Waals surface area contributed by atoms with Crippen molar-refractivity contribution in [3.05, 3.63) is 144 Å². The number of ether oxygens (including phenoxy) is 6. The third-order valence-electron chi connectivity index (χ3n) is 8.23. The molecule has 0 amide bonds. The maximum Gasteiger partial charge on any atom is 0.339 e. The number of rotatable bonds is 6. The van der Waals surface area contributed by atoms with Gasteiger partial charge in [-0.1, -0.05) is 97.1 Å². The van der Waals surface area contributed by atoms with Crippen molar-refractivity contribution in [3.8, 4) is 0 Å². The van der Waals surface area contributed by atoms with Crippen molar-refractivity contribution in [2.45, 2.75) is 49.0 Å². The predicted molar refractivity (Wildman–Crippen MR) is 154 cm³/mol. The minimum absolute atomic E-state index is 0.138. The average molecular weight is 579 g/mol. The van der Waals surface area contributed by atoms with E-state index in [9.17, 15) is 9.59 Å². The highest BCUT2D eigenvalue weighted by atomic mass is 16.8. The first-order valence-corrected chi connectivity index (χ1v) is 14.3. The molecular weight excluding hydrogens is 548 g/mol. The Labute approximate surface area is 249 Å². The van der Waals surface area contributed by atoms with Crippen molar-refractivity contribution < 1.29 is 38.0 Å². The number of benzene rings is 4.